The molecule has 0 bridgehead atoms. The first kappa shape index (κ1) is 22.5. The summed E-state index contributed by atoms with van der Waals surface area (Å²) in [5.41, 5.74) is 3.43. The second-order valence-electron chi connectivity index (χ2n) is 14.7. The van der Waals surface area contributed by atoms with Crippen LogP contribution < -0.4 is 0 Å². The molecule has 4 unspecified atom stereocenters. The van der Waals surface area contributed by atoms with E-state index in [2.05, 4.69) is 55.0 Å². The van der Waals surface area contributed by atoms with Gasteiger partial charge >= 0.3 is 0 Å². The SMILES string of the molecule is C=C1CC[C@]2(C)CC[C@]3(C)C(CCC4[C@@]5(C)CC[C@H](O)C(C)(C)C5CC[C@]43C)C2[C@H]1C. The maximum atomic E-state index is 10.9. The Bertz CT molecular complexity index is 766. The van der Waals surface area contributed by atoms with Crippen LogP contribution in [0.1, 0.15) is 113 Å². The second-order valence-corrected chi connectivity index (χ2v) is 14.7. The molecule has 0 aromatic rings. The van der Waals surface area contributed by atoms with Gasteiger partial charge in [-0.25, -0.2) is 0 Å². The molecule has 0 aromatic heterocycles. The molecule has 5 aliphatic carbocycles. The van der Waals surface area contributed by atoms with E-state index in [9.17, 15) is 5.11 Å². The van der Waals surface area contributed by atoms with Crippen molar-refractivity contribution in [2.24, 2.45) is 56.7 Å². The summed E-state index contributed by atoms with van der Waals surface area (Å²) >= 11 is 0. The number of aliphatic hydroxyl groups excluding tert-OH is 1. The zero-order valence-electron chi connectivity index (χ0n) is 21.7. The standard InChI is InChI=1S/C30H50O/c1-19-11-14-27(5)17-18-29(7)21(25(27)20(19)2)9-10-23-28(6)15-13-24(31)26(3,4)22(28)12-16-30(23,29)8/h20-25,31H,1,9-18H2,2-8H3/t20-,21?,22?,23?,24-,25?,27+,28-,29+,30+/m0/s1. The summed E-state index contributed by atoms with van der Waals surface area (Å²) in [6.07, 6.45) is 13.2. The molecule has 0 radical (unpaired) electrons. The van der Waals surface area contributed by atoms with Gasteiger partial charge in [0.15, 0.2) is 0 Å². The Balaban J connectivity index is 1.54. The van der Waals surface area contributed by atoms with E-state index in [0.717, 1.165) is 24.2 Å². The monoisotopic (exact) mass is 426 g/mol. The first-order valence-corrected chi connectivity index (χ1v) is 13.7. The molecule has 176 valence electrons. The quantitative estimate of drug-likeness (QED) is 0.389. The third kappa shape index (κ3) is 2.65. The average molecular weight is 427 g/mol. The van der Waals surface area contributed by atoms with Gasteiger partial charge in [-0.2, -0.15) is 0 Å². The van der Waals surface area contributed by atoms with Crippen LogP contribution in [0.25, 0.3) is 0 Å². The van der Waals surface area contributed by atoms with Crippen molar-refractivity contribution < 1.29 is 5.11 Å². The fraction of sp³-hybridized carbons (Fsp3) is 0.933. The van der Waals surface area contributed by atoms with Gasteiger partial charge in [-0.1, -0.05) is 60.6 Å². The van der Waals surface area contributed by atoms with Crippen molar-refractivity contribution in [2.45, 2.75) is 119 Å². The molecule has 5 aliphatic rings. The average Bonchev–Trinajstić information content (AvgIpc) is 2.69. The van der Waals surface area contributed by atoms with Crippen molar-refractivity contribution in [3.05, 3.63) is 12.2 Å². The summed E-state index contributed by atoms with van der Waals surface area (Å²) < 4.78 is 0. The maximum absolute atomic E-state index is 10.9. The largest absolute Gasteiger partial charge is 0.393 e. The Kier molecular flexibility index (Phi) is 4.82. The third-order valence-corrected chi connectivity index (χ3v) is 13.6. The molecule has 0 spiro atoms. The molecule has 0 aromatic carbocycles. The van der Waals surface area contributed by atoms with Crippen molar-refractivity contribution in [3.63, 3.8) is 0 Å². The molecule has 5 rings (SSSR count). The maximum Gasteiger partial charge on any atom is 0.0594 e. The number of hydrogen-bond donors (Lipinski definition) is 1. The molecule has 5 fully saturated rings. The number of rotatable bonds is 0. The predicted molar refractivity (Wildman–Crippen MR) is 131 cm³/mol. The van der Waals surface area contributed by atoms with E-state index < -0.39 is 0 Å². The van der Waals surface area contributed by atoms with Crippen LogP contribution in [0.2, 0.25) is 0 Å². The highest BCUT2D eigenvalue weighted by Crippen LogP contribution is 2.76. The van der Waals surface area contributed by atoms with E-state index >= 15 is 0 Å². The lowest BCUT2D eigenvalue weighted by Gasteiger charge is -2.73. The summed E-state index contributed by atoms with van der Waals surface area (Å²) in [5, 5.41) is 10.9. The highest BCUT2D eigenvalue weighted by atomic mass is 16.3. The van der Waals surface area contributed by atoms with Crippen LogP contribution in [-0.4, -0.2) is 11.2 Å². The van der Waals surface area contributed by atoms with Crippen molar-refractivity contribution in [1.82, 2.24) is 0 Å². The summed E-state index contributed by atoms with van der Waals surface area (Å²) in [5.74, 6) is 3.88. The van der Waals surface area contributed by atoms with Gasteiger partial charge in [-0.15, -0.1) is 0 Å². The van der Waals surface area contributed by atoms with Crippen LogP contribution in [0.15, 0.2) is 12.2 Å². The zero-order valence-corrected chi connectivity index (χ0v) is 21.7. The van der Waals surface area contributed by atoms with E-state index in [0.29, 0.717) is 33.5 Å². The van der Waals surface area contributed by atoms with Crippen molar-refractivity contribution in [1.29, 1.82) is 0 Å². The normalized spacial score (nSPS) is 58.5. The van der Waals surface area contributed by atoms with Crippen molar-refractivity contribution in [3.8, 4) is 0 Å². The zero-order chi connectivity index (χ0) is 22.6. The third-order valence-electron chi connectivity index (χ3n) is 13.6. The van der Waals surface area contributed by atoms with E-state index in [1.54, 1.807) is 0 Å². The minimum absolute atomic E-state index is 0.0623. The lowest BCUT2D eigenvalue weighted by atomic mass is 9.31. The Labute approximate surface area is 192 Å². The summed E-state index contributed by atoms with van der Waals surface area (Å²) in [6, 6.07) is 0. The van der Waals surface area contributed by atoms with Crippen molar-refractivity contribution in [2.75, 3.05) is 0 Å². The Morgan fingerprint density at radius 1 is 0.774 bits per heavy atom. The first-order chi connectivity index (χ1) is 14.3. The predicted octanol–water partition coefficient (Wildman–Crippen LogP) is 8.02. The van der Waals surface area contributed by atoms with Gasteiger partial charge in [-0.05, 0) is 121 Å². The molecule has 0 saturated heterocycles. The van der Waals surface area contributed by atoms with E-state index in [4.69, 9.17) is 0 Å². The fourth-order valence-corrected chi connectivity index (χ4v) is 11.4. The topological polar surface area (TPSA) is 20.2 Å². The number of fused-ring (bicyclic) bond motifs is 7. The van der Waals surface area contributed by atoms with E-state index in [1.165, 1.54) is 63.4 Å². The van der Waals surface area contributed by atoms with Crippen molar-refractivity contribution >= 4 is 0 Å². The van der Waals surface area contributed by atoms with Gasteiger partial charge in [0.25, 0.3) is 0 Å². The van der Waals surface area contributed by atoms with Crippen LogP contribution in [-0.2, 0) is 0 Å². The number of aliphatic hydroxyl groups is 1. The van der Waals surface area contributed by atoms with Crippen LogP contribution >= 0.6 is 0 Å². The number of allylic oxidation sites excluding steroid dienone is 1. The highest BCUT2D eigenvalue weighted by molar-refractivity contribution is 5.21. The van der Waals surface area contributed by atoms with Crippen LogP contribution in [0.3, 0.4) is 0 Å². The molecule has 1 N–H and O–H groups in total. The molecule has 0 aliphatic heterocycles. The van der Waals surface area contributed by atoms with E-state index in [1.807, 2.05) is 0 Å². The minimum atomic E-state index is -0.119. The van der Waals surface area contributed by atoms with Gasteiger partial charge in [-0.3, -0.25) is 0 Å². The smallest absolute Gasteiger partial charge is 0.0594 e. The summed E-state index contributed by atoms with van der Waals surface area (Å²) in [6.45, 7) is 22.6. The molecule has 0 amide bonds. The molecule has 31 heavy (non-hydrogen) atoms. The molecular formula is C30H50O. The molecule has 1 nitrogen and oxygen atoms in total. The minimum Gasteiger partial charge on any atom is -0.393 e. The van der Waals surface area contributed by atoms with Gasteiger partial charge in [0, 0.05) is 0 Å². The Morgan fingerprint density at radius 2 is 1.48 bits per heavy atom. The second kappa shape index (κ2) is 6.64. The number of hydrogen-bond acceptors (Lipinski definition) is 1. The lowest BCUT2D eigenvalue weighted by Crippen LogP contribution is -2.67. The summed E-state index contributed by atoms with van der Waals surface area (Å²) in [4.78, 5) is 0. The molecule has 0 heterocycles. The molecule has 5 saturated carbocycles. The Hall–Kier alpha value is -0.300. The highest BCUT2D eigenvalue weighted by Gasteiger charge is 2.69. The molecular weight excluding hydrogens is 376 g/mol. The van der Waals surface area contributed by atoms with Gasteiger partial charge in [0.1, 0.15) is 0 Å². The van der Waals surface area contributed by atoms with E-state index in [-0.39, 0.29) is 11.5 Å². The molecule has 10 atom stereocenters. The lowest BCUT2D eigenvalue weighted by molar-refractivity contribution is -0.251. The van der Waals surface area contributed by atoms with Gasteiger partial charge in [0.05, 0.1) is 6.10 Å². The van der Waals surface area contributed by atoms with Gasteiger partial charge < -0.3 is 5.11 Å². The van der Waals surface area contributed by atoms with Crippen LogP contribution in [0, 0.1) is 56.7 Å². The first-order valence-electron chi connectivity index (χ1n) is 13.7. The fourth-order valence-electron chi connectivity index (χ4n) is 11.4. The molecule has 1 heteroatoms. The van der Waals surface area contributed by atoms with Crippen LogP contribution in [0.4, 0.5) is 0 Å². The van der Waals surface area contributed by atoms with Crippen LogP contribution in [0.5, 0.6) is 0 Å². The summed E-state index contributed by atoms with van der Waals surface area (Å²) in [7, 11) is 0. The Morgan fingerprint density at radius 3 is 2.19 bits per heavy atom. The van der Waals surface area contributed by atoms with Gasteiger partial charge in [0.2, 0.25) is 0 Å².